The summed E-state index contributed by atoms with van der Waals surface area (Å²) >= 11 is 0. The van der Waals surface area contributed by atoms with Crippen molar-refractivity contribution in [3.05, 3.63) is 47.2 Å². The molecular formula is C17H20O3. The Morgan fingerprint density at radius 3 is 2.75 bits per heavy atom. The van der Waals surface area contributed by atoms with E-state index < -0.39 is 0 Å². The molecule has 1 aromatic rings. The molecule has 0 spiro atoms. The Morgan fingerprint density at radius 1 is 1.30 bits per heavy atom. The highest BCUT2D eigenvalue weighted by atomic mass is 16.5. The van der Waals surface area contributed by atoms with Crippen molar-refractivity contribution in [1.29, 1.82) is 0 Å². The number of aliphatic hydroxyl groups excluding tert-OH is 1. The average Bonchev–Trinajstić information content (AvgIpc) is 2.92. The summed E-state index contributed by atoms with van der Waals surface area (Å²) in [5.41, 5.74) is 1.53. The van der Waals surface area contributed by atoms with Gasteiger partial charge in [-0.05, 0) is 31.2 Å². The molecule has 3 heteroatoms. The van der Waals surface area contributed by atoms with Gasteiger partial charge in [-0.1, -0.05) is 37.3 Å². The van der Waals surface area contributed by atoms with Gasteiger partial charge in [-0.25, -0.2) is 4.79 Å². The molecule has 1 saturated carbocycles. The average molecular weight is 272 g/mol. The number of benzene rings is 1. The van der Waals surface area contributed by atoms with Crippen LogP contribution in [0.4, 0.5) is 0 Å². The number of carbonyl (C=O) groups is 1. The summed E-state index contributed by atoms with van der Waals surface area (Å²) < 4.78 is 5.54. The van der Waals surface area contributed by atoms with Crippen LogP contribution in [0.5, 0.6) is 0 Å². The van der Waals surface area contributed by atoms with Crippen LogP contribution in [0.3, 0.4) is 0 Å². The number of ether oxygens (including phenoxy) is 1. The van der Waals surface area contributed by atoms with Crippen molar-refractivity contribution in [2.75, 3.05) is 0 Å². The largest absolute Gasteiger partial charge is 0.511 e. The van der Waals surface area contributed by atoms with Crippen molar-refractivity contribution >= 4 is 5.97 Å². The number of esters is 1. The predicted octanol–water partition coefficient (Wildman–Crippen LogP) is 3.72. The summed E-state index contributed by atoms with van der Waals surface area (Å²) in [5, 5.41) is 10.6. The maximum atomic E-state index is 12.3. The molecule has 20 heavy (non-hydrogen) atoms. The molecule has 1 aromatic carbocycles. The number of rotatable bonds is 3. The van der Waals surface area contributed by atoms with Crippen molar-refractivity contribution in [2.45, 2.75) is 44.6 Å². The lowest BCUT2D eigenvalue weighted by molar-refractivity contribution is -0.149. The number of hydrogen-bond donors (Lipinski definition) is 1. The number of carbonyl (C=O) groups excluding carboxylic acids is 1. The van der Waals surface area contributed by atoms with Gasteiger partial charge in [0, 0.05) is 5.92 Å². The van der Waals surface area contributed by atoms with Crippen LogP contribution in [0.1, 0.15) is 44.1 Å². The van der Waals surface area contributed by atoms with Gasteiger partial charge < -0.3 is 9.84 Å². The molecule has 3 atom stereocenters. The second-order valence-electron chi connectivity index (χ2n) is 5.65. The first-order valence-corrected chi connectivity index (χ1v) is 7.41. The Morgan fingerprint density at radius 2 is 2.05 bits per heavy atom. The van der Waals surface area contributed by atoms with Gasteiger partial charge in [-0.15, -0.1) is 0 Å². The molecule has 0 aromatic heterocycles. The zero-order chi connectivity index (χ0) is 14.1. The lowest BCUT2D eigenvalue weighted by Crippen LogP contribution is -2.33. The van der Waals surface area contributed by atoms with Crippen molar-refractivity contribution < 1.29 is 14.6 Å². The number of fused-ring (bicyclic) bond motifs is 1. The third-order valence-electron chi connectivity index (χ3n) is 4.52. The van der Waals surface area contributed by atoms with Crippen LogP contribution in [0, 0.1) is 5.92 Å². The maximum absolute atomic E-state index is 12.3. The predicted molar refractivity (Wildman–Crippen MR) is 76.3 cm³/mol. The summed E-state index contributed by atoms with van der Waals surface area (Å²) in [7, 11) is 0. The highest BCUT2D eigenvalue weighted by molar-refractivity contribution is 5.92. The van der Waals surface area contributed by atoms with Crippen molar-refractivity contribution in [3.8, 4) is 0 Å². The SMILES string of the molecule is CC[C@H](C1=C(O)[C@H]2CCC[C@@H]2OC1=O)c1ccccc1. The maximum Gasteiger partial charge on any atom is 0.338 e. The third-order valence-corrected chi connectivity index (χ3v) is 4.52. The summed E-state index contributed by atoms with van der Waals surface area (Å²) in [6, 6.07) is 9.88. The minimum Gasteiger partial charge on any atom is -0.511 e. The van der Waals surface area contributed by atoms with Crippen LogP contribution < -0.4 is 0 Å². The smallest absolute Gasteiger partial charge is 0.338 e. The van der Waals surface area contributed by atoms with E-state index in [1.165, 1.54) is 0 Å². The van der Waals surface area contributed by atoms with E-state index >= 15 is 0 Å². The second-order valence-corrected chi connectivity index (χ2v) is 5.65. The van der Waals surface area contributed by atoms with E-state index in [-0.39, 0.29) is 29.7 Å². The molecule has 1 aliphatic heterocycles. The van der Waals surface area contributed by atoms with Gasteiger partial charge in [0.25, 0.3) is 0 Å². The van der Waals surface area contributed by atoms with E-state index in [2.05, 4.69) is 0 Å². The fourth-order valence-electron chi connectivity index (χ4n) is 3.50. The zero-order valence-corrected chi connectivity index (χ0v) is 11.7. The molecule has 0 amide bonds. The first-order chi connectivity index (χ1) is 9.72. The van der Waals surface area contributed by atoms with Crippen molar-refractivity contribution in [2.24, 2.45) is 5.92 Å². The van der Waals surface area contributed by atoms with Crippen molar-refractivity contribution in [1.82, 2.24) is 0 Å². The Hall–Kier alpha value is -1.77. The van der Waals surface area contributed by atoms with Crippen LogP contribution >= 0.6 is 0 Å². The Kier molecular flexibility index (Phi) is 3.51. The first-order valence-electron chi connectivity index (χ1n) is 7.41. The molecule has 0 radical (unpaired) electrons. The summed E-state index contributed by atoms with van der Waals surface area (Å²) in [5.74, 6) is -0.119. The second kappa shape index (κ2) is 5.31. The fourth-order valence-corrected chi connectivity index (χ4v) is 3.50. The van der Waals surface area contributed by atoms with E-state index in [0.717, 1.165) is 31.2 Å². The molecule has 3 nitrogen and oxygen atoms in total. The van der Waals surface area contributed by atoms with Crippen LogP contribution in [0.2, 0.25) is 0 Å². The Bertz CT molecular complexity index is 532. The van der Waals surface area contributed by atoms with E-state index in [1.807, 2.05) is 37.3 Å². The van der Waals surface area contributed by atoms with Crippen LogP contribution in [-0.4, -0.2) is 17.2 Å². The van der Waals surface area contributed by atoms with Gasteiger partial charge in [0.15, 0.2) is 0 Å². The minimum absolute atomic E-state index is 0.0143. The van der Waals surface area contributed by atoms with Gasteiger partial charge in [0.05, 0.1) is 11.5 Å². The summed E-state index contributed by atoms with van der Waals surface area (Å²) in [6.45, 7) is 2.03. The quantitative estimate of drug-likeness (QED) is 0.853. The standard InChI is InChI=1S/C17H20O3/c1-2-12(11-7-4-3-5-8-11)15-16(18)13-9-6-10-14(13)20-17(15)19/h3-5,7-8,12-14,18H,2,6,9-10H2,1H3/t12-,13-,14-/m0/s1. The zero-order valence-electron chi connectivity index (χ0n) is 11.7. The molecule has 0 saturated heterocycles. The lowest BCUT2D eigenvalue weighted by Gasteiger charge is -2.30. The normalized spacial score (nSPS) is 27.1. The van der Waals surface area contributed by atoms with Gasteiger partial charge in [0.2, 0.25) is 0 Å². The molecule has 1 fully saturated rings. The monoisotopic (exact) mass is 272 g/mol. The molecule has 2 aliphatic rings. The molecule has 1 N–H and O–H groups in total. The topological polar surface area (TPSA) is 46.5 Å². The lowest BCUT2D eigenvalue weighted by atomic mass is 9.83. The summed E-state index contributed by atoms with van der Waals surface area (Å²) in [6.07, 6.45) is 3.46. The molecule has 106 valence electrons. The van der Waals surface area contributed by atoms with Crippen LogP contribution in [0.15, 0.2) is 41.7 Å². The molecule has 1 heterocycles. The molecule has 1 aliphatic carbocycles. The molecular weight excluding hydrogens is 252 g/mol. The van der Waals surface area contributed by atoms with E-state index in [9.17, 15) is 9.90 Å². The van der Waals surface area contributed by atoms with Gasteiger partial charge >= 0.3 is 5.97 Å². The van der Waals surface area contributed by atoms with Gasteiger partial charge in [0.1, 0.15) is 11.9 Å². The summed E-state index contributed by atoms with van der Waals surface area (Å²) in [4.78, 5) is 12.3. The Balaban J connectivity index is 2.01. The van der Waals surface area contributed by atoms with E-state index in [1.54, 1.807) is 0 Å². The molecule has 0 bridgehead atoms. The van der Waals surface area contributed by atoms with E-state index in [4.69, 9.17) is 4.74 Å². The molecule has 3 rings (SSSR count). The fraction of sp³-hybridized carbons (Fsp3) is 0.471. The minimum atomic E-state index is -0.332. The first kappa shape index (κ1) is 13.2. The highest BCUT2D eigenvalue weighted by Gasteiger charge is 2.42. The number of aliphatic hydroxyl groups is 1. The molecule has 0 unspecified atom stereocenters. The third kappa shape index (κ3) is 2.11. The van der Waals surface area contributed by atoms with Crippen LogP contribution in [-0.2, 0) is 9.53 Å². The van der Waals surface area contributed by atoms with E-state index in [0.29, 0.717) is 5.57 Å². The van der Waals surface area contributed by atoms with Crippen LogP contribution in [0.25, 0.3) is 0 Å². The van der Waals surface area contributed by atoms with Gasteiger partial charge in [-0.3, -0.25) is 0 Å². The van der Waals surface area contributed by atoms with Crippen molar-refractivity contribution in [3.63, 3.8) is 0 Å². The Labute approximate surface area is 119 Å². The highest BCUT2D eigenvalue weighted by Crippen LogP contribution is 2.42. The van der Waals surface area contributed by atoms with Gasteiger partial charge in [-0.2, -0.15) is 0 Å². The number of hydrogen-bond acceptors (Lipinski definition) is 3.